The smallest absolute Gasteiger partial charge is 0.323 e. The van der Waals surface area contributed by atoms with Crippen molar-refractivity contribution in [2.75, 3.05) is 19.1 Å². The molecule has 1 aromatic heterocycles. The maximum absolute atomic E-state index is 15.2. The number of aromatic nitrogens is 1. The fraction of sp³-hybridized carbons (Fsp3) is 0.300. The minimum atomic E-state index is -3.44. The van der Waals surface area contributed by atoms with Gasteiger partial charge in [-0.05, 0) is 31.2 Å². The van der Waals surface area contributed by atoms with Gasteiger partial charge in [0.05, 0.1) is 18.2 Å². The van der Waals surface area contributed by atoms with Gasteiger partial charge < -0.3 is 14.1 Å². The van der Waals surface area contributed by atoms with E-state index in [0.29, 0.717) is 22.5 Å². The van der Waals surface area contributed by atoms with E-state index in [0.717, 1.165) is 0 Å². The van der Waals surface area contributed by atoms with E-state index in [1.54, 1.807) is 49.5 Å². The van der Waals surface area contributed by atoms with E-state index >= 15 is 8.78 Å². The third-order valence-corrected chi connectivity index (χ3v) is 5.10. The maximum atomic E-state index is 15.2. The molecule has 27 heavy (non-hydrogen) atoms. The number of nitrogens with zero attached hydrogens (tertiary/aromatic N) is 2. The molecule has 0 saturated carbocycles. The second-order valence-corrected chi connectivity index (χ2v) is 6.92. The lowest BCUT2D eigenvalue weighted by Crippen LogP contribution is -2.40. The van der Waals surface area contributed by atoms with Crippen LogP contribution in [0, 0.1) is 0 Å². The maximum Gasteiger partial charge on any atom is 0.323 e. The van der Waals surface area contributed by atoms with Crippen LogP contribution >= 0.6 is 0 Å². The van der Waals surface area contributed by atoms with Gasteiger partial charge in [-0.2, -0.15) is 8.78 Å². The lowest BCUT2D eigenvalue weighted by molar-refractivity contribution is -0.128. The zero-order valence-corrected chi connectivity index (χ0v) is 15.1. The number of anilines is 1. The highest BCUT2D eigenvalue weighted by Crippen LogP contribution is 2.52. The number of alkyl halides is 2. The average molecular weight is 372 g/mol. The Morgan fingerprint density at radius 1 is 1.22 bits per heavy atom. The van der Waals surface area contributed by atoms with Crippen molar-refractivity contribution < 1.29 is 22.7 Å². The molecular weight excluding hydrogens is 354 g/mol. The Labute approximate surface area is 154 Å². The molecule has 1 aliphatic heterocycles. The number of likely N-dealkylation sites (N-methyl/N-ethyl adjacent to an activating group) is 1. The van der Waals surface area contributed by atoms with Crippen LogP contribution in [0.3, 0.4) is 0 Å². The number of oxazole rings is 1. The van der Waals surface area contributed by atoms with Gasteiger partial charge in [0.1, 0.15) is 11.3 Å². The van der Waals surface area contributed by atoms with Gasteiger partial charge in [0.2, 0.25) is 5.91 Å². The number of hydrogen-bond donors (Lipinski definition) is 0. The quantitative estimate of drug-likeness (QED) is 0.687. The van der Waals surface area contributed by atoms with Crippen LogP contribution < -0.4 is 9.64 Å². The van der Waals surface area contributed by atoms with Crippen molar-refractivity contribution in [2.45, 2.75) is 24.7 Å². The molecule has 0 fully saturated rings. The van der Waals surface area contributed by atoms with Gasteiger partial charge in [0, 0.05) is 19.0 Å². The molecule has 1 amide bonds. The molecule has 0 aliphatic carbocycles. The summed E-state index contributed by atoms with van der Waals surface area (Å²) in [4.78, 5) is 18.2. The molecular formula is C20H18F2N2O3. The standard InChI is InChI=1S/C20H18F2N2O3/c1-19(16-13(24(2)18(19)25)8-6-10-15(16)26-3)11-20(21,22)17-23-12-7-4-5-9-14(12)27-17/h4-10H,11H2,1-3H3. The normalized spacial score (nSPS) is 19.6. The number of hydrogen-bond acceptors (Lipinski definition) is 4. The number of amides is 1. The first kappa shape index (κ1) is 17.5. The fourth-order valence-electron chi connectivity index (χ4n) is 3.82. The summed E-state index contributed by atoms with van der Waals surface area (Å²) < 4.78 is 40.9. The van der Waals surface area contributed by atoms with Gasteiger partial charge >= 0.3 is 5.92 Å². The second-order valence-electron chi connectivity index (χ2n) is 6.92. The molecule has 0 saturated heterocycles. The first-order valence-electron chi connectivity index (χ1n) is 8.47. The van der Waals surface area contributed by atoms with Gasteiger partial charge in [-0.3, -0.25) is 4.79 Å². The fourth-order valence-corrected chi connectivity index (χ4v) is 3.82. The van der Waals surface area contributed by atoms with Gasteiger partial charge in [0.15, 0.2) is 5.58 Å². The molecule has 0 spiro atoms. The third-order valence-electron chi connectivity index (χ3n) is 5.10. The summed E-state index contributed by atoms with van der Waals surface area (Å²) in [5.41, 5.74) is 0.183. The Morgan fingerprint density at radius 2 is 1.96 bits per heavy atom. The monoisotopic (exact) mass is 372 g/mol. The van der Waals surface area contributed by atoms with Crippen molar-refractivity contribution in [3.63, 3.8) is 0 Å². The summed E-state index contributed by atoms with van der Waals surface area (Å²) in [6.07, 6.45) is -0.774. The zero-order chi connectivity index (χ0) is 19.4. The van der Waals surface area contributed by atoms with Crippen LogP contribution in [0.4, 0.5) is 14.5 Å². The topological polar surface area (TPSA) is 55.6 Å². The Bertz CT molecular complexity index is 1010. The molecule has 7 heteroatoms. The number of fused-ring (bicyclic) bond motifs is 2. The highest BCUT2D eigenvalue weighted by atomic mass is 19.3. The van der Waals surface area contributed by atoms with E-state index in [2.05, 4.69) is 4.98 Å². The molecule has 4 rings (SSSR count). The SMILES string of the molecule is COc1cccc2c1C(C)(CC(F)(F)c1nc3ccccc3o1)C(=O)N2C. The molecule has 140 valence electrons. The van der Waals surface area contributed by atoms with Crippen molar-refractivity contribution in [2.24, 2.45) is 0 Å². The van der Waals surface area contributed by atoms with Crippen molar-refractivity contribution >= 4 is 22.7 Å². The molecule has 0 radical (unpaired) electrons. The molecule has 5 nitrogen and oxygen atoms in total. The van der Waals surface area contributed by atoms with Crippen LogP contribution in [0.25, 0.3) is 11.1 Å². The molecule has 0 N–H and O–H groups in total. The van der Waals surface area contributed by atoms with E-state index in [9.17, 15) is 4.79 Å². The number of carbonyl (C=O) groups is 1. The number of halogens is 2. The van der Waals surface area contributed by atoms with E-state index in [1.807, 2.05) is 0 Å². The van der Waals surface area contributed by atoms with Gasteiger partial charge in [-0.15, -0.1) is 0 Å². The van der Waals surface area contributed by atoms with Crippen LogP contribution in [0.2, 0.25) is 0 Å². The van der Waals surface area contributed by atoms with Crippen molar-refractivity contribution in [1.82, 2.24) is 4.98 Å². The number of benzene rings is 2. The number of rotatable bonds is 4. The van der Waals surface area contributed by atoms with Crippen LogP contribution in [0.5, 0.6) is 5.75 Å². The second kappa shape index (κ2) is 5.77. The predicted molar refractivity (Wildman–Crippen MR) is 96.3 cm³/mol. The van der Waals surface area contributed by atoms with E-state index < -0.39 is 29.6 Å². The van der Waals surface area contributed by atoms with Crippen LogP contribution in [0.1, 0.15) is 24.8 Å². The lowest BCUT2D eigenvalue weighted by atomic mass is 9.78. The van der Waals surface area contributed by atoms with Crippen LogP contribution in [-0.4, -0.2) is 25.0 Å². The number of ether oxygens (including phenoxy) is 1. The molecule has 1 aliphatic rings. The largest absolute Gasteiger partial charge is 0.496 e. The summed E-state index contributed by atoms with van der Waals surface area (Å²) in [5.74, 6) is -4.14. The predicted octanol–water partition coefficient (Wildman–Crippen LogP) is 4.25. The molecule has 2 aromatic carbocycles. The minimum absolute atomic E-state index is 0.283. The van der Waals surface area contributed by atoms with E-state index in [1.165, 1.54) is 18.9 Å². The molecule has 2 heterocycles. The Kier molecular flexibility index (Phi) is 3.73. The van der Waals surface area contributed by atoms with Crippen molar-refractivity contribution in [1.29, 1.82) is 0 Å². The molecule has 0 bridgehead atoms. The summed E-state index contributed by atoms with van der Waals surface area (Å²) in [5, 5.41) is 0. The minimum Gasteiger partial charge on any atom is -0.496 e. The molecule has 3 aromatic rings. The first-order valence-corrected chi connectivity index (χ1v) is 8.47. The molecule has 1 atom stereocenters. The van der Waals surface area contributed by atoms with Gasteiger partial charge in [-0.1, -0.05) is 18.2 Å². The highest BCUT2D eigenvalue weighted by Gasteiger charge is 2.55. The summed E-state index contributed by atoms with van der Waals surface area (Å²) >= 11 is 0. The number of carbonyl (C=O) groups excluding carboxylic acids is 1. The van der Waals surface area contributed by atoms with E-state index in [4.69, 9.17) is 9.15 Å². The summed E-state index contributed by atoms with van der Waals surface area (Å²) in [7, 11) is 3.03. The average Bonchev–Trinajstić information content (AvgIpc) is 3.17. The Hall–Kier alpha value is -2.96. The first-order chi connectivity index (χ1) is 12.8. The Morgan fingerprint density at radius 3 is 2.67 bits per heavy atom. The number of para-hydroxylation sites is 2. The van der Waals surface area contributed by atoms with Crippen LogP contribution in [-0.2, 0) is 16.1 Å². The third kappa shape index (κ3) is 2.49. The molecule has 1 unspecified atom stereocenters. The lowest BCUT2D eigenvalue weighted by Gasteiger charge is -2.27. The van der Waals surface area contributed by atoms with E-state index in [-0.39, 0.29) is 5.58 Å². The van der Waals surface area contributed by atoms with Crippen molar-refractivity contribution in [3.8, 4) is 5.75 Å². The van der Waals surface area contributed by atoms with Crippen LogP contribution in [0.15, 0.2) is 46.9 Å². The summed E-state index contributed by atoms with van der Waals surface area (Å²) in [6, 6.07) is 11.7. The van der Waals surface area contributed by atoms with Crippen molar-refractivity contribution in [3.05, 3.63) is 53.9 Å². The van der Waals surface area contributed by atoms with Gasteiger partial charge in [-0.25, -0.2) is 4.98 Å². The zero-order valence-electron chi connectivity index (χ0n) is 15.1. The summed E-state index contributed by atoms with van der Waals surface area (Å²) in [6.45, 7) is 1.51. The number of methoxy groups -OCH3 is 1. The highest BCUT2D eigenvalue weighted by molar-refractivity contribution is 6.08. The van der Waals surface area contributed by atoms with Gasteiger partial charge in [0.25, 0.3) is 5.89 Å². The Balaban J connectivity index is 1.80.